The minimum Gasteiger partial charge on any atom is -0.354 e. The fraction of sp³-hybridized carbons (Fsp3) is 0.583. The number of hydrogen-bond acceptors (Lipinski definition) is 4. The Morgan fingerprint density at radius 3 is 2.93 bits per heavy atom. The van der Waals surface area contributed by atoms with Gasteiger partial charge in [0.25, 0.3) is 0 Å². The van der Waals surface area contributed by atoms with E-state index in [4.69, 9.17) is 0 Å². The number of nitrogens with zero attached hydrogens (tertiary/aromatic N) is 3. The second-order valence-electron chi connectivity index (χ2n) is 8.97. The predicted molar refractivity (Wildman–Crippen MR) is 119 cm³/mol. The molecule has 3 atom stereocenters. The van der Waals surface area contributed by atoms with E-state index in [1.54, 1.807) is 6.20 Å². The van der Waals surface area contributed by atoms with Crippen molar-refractivity contribution in [2.45, 2.75) is 51.7 Å². The van der Waals surface area contributed by atoms with E-state index in [-0.39, 0.29) is 5.91 Å². The number of piperidine rings is 2. The van der Waals surface area contributed by atoms with Gasteiger partial charge in [0.15, 0.2) is 0 Å². The third-order valence-corrected chi connectivity index (χ3v) is 6.65. The van der Waals surface area contributed by atoms with Gasteiger partial charge in [0.1, 0.15) is 5.82 Å². The maximum Gasteiger partial charge on any atom is 0.220 e. The fourth-order valence-corrected chi connectivity index (χ4v) is 5.11. The number of fused-ring (bicyclic) bond motifs is 2. The van der Waals surface area contributed by atoms with E-state index in [2.05, 4.69) is 55.4 Å². The van der Waals surface area contributed by atoms with Crippen LogP contribution in [0, 0.1) is 18.8 Å². The second kappa shape index (κ2) is 10.2. The van der Waals surface area contributed by atoms with Gasteiger partial charge in [-0.05, 0) is 50.1 Å². The summed E-state index contributed by atoms with van der Waals surface area (Å²) in [5.74, 6) is 2.61. The van der Waals surface area contributed by atoms with Crippen molar-refractivity contribution < 1.29 is 4.79 Å². The number of benzene rings is 1. The van der Waals surface area contributed by atoms with Crippen LogP contribution in [0.4, 0.5) is 0 Å². The summed E-state index contributed by atoms with van der Waals surface area (Å²) in [5.41, 5.74) is 1.41. The zero-order valence-electron chi connectivity index (χ0n) is 18.1. The molecule has 2 aliphatic heterocycles. The largest absolute Gasteiger partial charge is 0.354 e. The molecular formula is C24H35N5O. The maximum atomic E-state index is 12.2. The molecule has 6 heteroatoms. The van der Waals surface area contributed by atoms with Crippen molar-refractivity contribution in [1.82, 2.24) is 25.1 Å². The van der Waals surface area contributed by atoms with E-state index in [9.17, 15) is 4.79 Å². The van der Waals surface area contributed by atoms with Gasteiger partial charge in [-0.1, -0.05) is 30.3 Å². The molecule has 0 unspecified atom stereocenters. The summed E-state index contributed by atoms with van der Waals surface area (Å²) in [6.45, 7) is 7.96. The smallest absolute Gasteiger partial charge is 0.220 e. The lowest BCUT2D eigenvalue weighted by Crippen LogP contribution is -2.55. The van der Waals surface area contributed by atoms with Gasteiger partial charge in [-0.15, -0.1) is 0 Å². The summed E-state index contributed by atoms with van der Waals surface area (Å²) in [6.07, 6.45) is 7.74. The van der Waals surface area contributed by atoms with Crippen molar-refractivity contribution in [3.8, 4) is 0 Å². The minimum atomic E-state index is 0.163. The lowest BCUT2D eigenvalue weighted by atomic mass is 9.79. The SMILES string of the molecule is Cc1nccn1CCNC(=O)CCC[C@H]1NC[C@@H]2C[C@H]1CN(Cc1ccccc1)C2. The van der Waals surface area contributed by atoms with E-state index < -0.39 is 0 Å². The molecular weight excluding hydrogens is 374 g/mol. The van der Waals surface area contributed by atoms with Gasteiger partial charge in [-0.2, -0.15) is 0 Å². The van der Waals surface area contributed by atoms with Crippen LogP contribution in [0.2, 0.25) is 0 Å². The molecule has 0 spiro atoms. The molecule has 162 valence electrons. The minimum absolute atomic E-state index is 0.163. The molecule has 4 rings (SSSR count). The Bertz CT molecular complexity index is 805. The van der Waals surface area contributed by atoms with Crippen LogP contribution in [0.5, 0.6) is 0 Å². The first-order valence-corrected chi connectivity index (χ1v) is 11.4. The normalized spacial score (nSPS) is 24.0. The molecule has 0 radical (unpaired) electrons. The number of imidazole rings is 1. The third kappa shape index (κ3) is 5.70. The highest BCUT2D eigenvalue weighted by Gasteiger charge is 2.35. The third-order valence-electron chi connectivity index (χ3n) is 6.65. The van der Waals surface area contributed by atoms with E-state index in [1.807, 2.05) is 13.1 Å². The summed E-state index contributed by atoms with van der Waals surface area (Å²) in [4.78, 5) is 19.0. The van der Waals surface area contributed by atoms with Gasteiger partial charge in [0, 0.05) is 57.6 Å². The summed E-state index contributed by atoms with van der Waals surface area (Å²) in [7, 11) is 0. The summed E-state index contributed by atoms with van der Waals surface area (Å²) < 4.78 is 2.06. The quantitative estimate of drug-likeness (QED) is 0.668. The zero-order valence-corrected chi connectivity index (χ0v) is 18.1. The summed E-state index contributed by atoms with van der Waals surface area (Å²) in [5, 5.41) is 6.83. The number of nitrogens with one attached hydrogen (secondary N) is 2. The Morgan fingerprint density at radius 2 is 2.13 bits per heavy atom. The topological polar surface area (TPSA) is 62.2 Å². The lowest BCUT2D eigenvalue weighted by molar-refractivity contribution is -0.121. The number of hydrogen-bond donors (Lipinski definition) is 2. The highest BCUT2D eigenvalue weighted by molar-refractivity contribution is 5.75. The molecule has 2 bridgehead atoms. The molecule has 2 aromatic rings. The number of carbonyl (C=O) groups excluding carboxylic acids is 1. The van der Waals surface area contributed by atoms with E-state index in [0.717, 1.165) is 44.2 Å². The molecule has 1 amide bonds. The van der Waals surface area contributed by atoms with Crippen LogP contribution in [0.25, 0.3) is 0 Å². The fourth-order valence-electron chi connectivity index (χ4n) is 5.11. The number of carbonyl (C=O) groups is 1. The van der Waals surface area contributed by atoms with Crippen LogP contribution in [-0.4, -0.2) is 52.6 Å². The van der Waals surface area contributed by atoms with Crippen LogP contribution in [0.3, 0.4) is 0 Å². The summed E-state index contributed by atoms with van der Waals surface area (Å²) >= 11 is 0. The first-order chi connectivity index (χ1) is 14.7. The number of aromatic nitrogens is 2. The van der Waals surface area contributed by atoms with E-state index >= 15 is 0 Å². The monoisotopic (exact) mass is 409 g/mol. The van der Waals surface area contributed by atoms with E-state index in [1.165, 1.54) is 25.1 Å². The molecule has 3 heterocycles. The molecule has 1 aromatic heterocycles. The Kier molecular flexibility index (Phi) is 7.18. The van der Waals surface area contributed by atoms with Gasteiger partial charge in [0.05, 0.1) is 0 Å². The van der Waals surface area contributed by atoms with Gasteiger partial charge in [-0.3, -0.25) is 9.69 Å². The lowest BCUT2D eigenvalue weighted by Gasteiger charge is -2.46. The highest BCUT2D eigenvalue weighted by atomic mass is 16.1. The van der Waals surface area contributed by atoms with Crippen molar-refractivity contribution in [3.63, 3.8) is 0 Å². The first-order valence-electron chi connectivity index (χ1n) is 11.4. The Morgan fingerprint density at radius 1 is 1.27 bits per heavy atom. The van der Waals surface area contributed by atoms with Crippen LogP contribution < -0.4 is 10.6 Å². The molecule has 6 nitrogen and oxygen atoms in total. The van der Waals surface area contributed by atoms with Gasteiger partial charge in [-0.25, -0.2) is 4.98 Å². The molecule has 2 saturated heterocycles. The van der Waals surface area contributed by atoms with Crippen molar-refractivity contribution in [2.24, 2.45) is 11.8 Å². The van der Waals surface area contributed by atoms with Gasteiger partial charge >= 0.3 is 0 Å². The Balaban J connectivity index is 1.17. The molecule has 30 heavy (non-hydrogen) atoms. The zero-order chi connectivity index (χ0) is 20.8. The highest BCUT2D eigenvalue weighted by Crippen LogP contribution is 2.31. The van der Waals surface area contributed by atoms with Crippen LogP contribution in [-0.2, 0) is 17.9 Å². The number of rotatable bonds is 9. The van der Waals surface area contributed by atoms with Crippen LogP contribution in [0.1, 0.15) is 37.1 Å². The summed E-state index contributed by atoms with van der Waals surface area (Å²) in [6, 6.07) is 11.3. The predicted octanol–water partition coefficient (Wildman–Crippen LogP) is 2.59. The van der Waals surface area contributed by atoms with E-state index in [0.29, 0.717) is 24.9 Å². The Labute approximate surface area is 180 Å². The van der Waals surface area contributed by atoms with Crippen LogP contribution in [0.15, 0.2) is 42.7 Å². The van der Waals surface area contributed by atoms with Gasteiger partial charge in [0.2, 0.25) is 5.91 Å². The number of likely N-dealkylation sites (tertiary alicyclic amines) is 1. The van der Waals surface area contributed by atoms with Crippen molar-refractivity contribution in [2.75, 3.05) is 26.2 Å². The van der Waals surface area contributed by atoms with Crippen molar-refractivity contribution >= 4 is 5.91 Å². The molecule has 0 saturated carbocycles. The average molecular weight is 410 g/mol. The number of aryl methyl sites for hydroxylation is 1. The standard InChI is InChI=1S/C24H35N5O/c1-19-25-10-12-29(19)13-11-26-24(30)9-5-8-23-22-14-21(15-27-23)17-28(18-22)16-20-6-3-2-4-7-20/h2-4,6-7,10,12,21-23,27H,5,8-9,11,13-18H2,1H3,(H,26,30)/t21-,22-,23+/m0/s1. The Hall–Kier alpha value is -2.18. The van der Waals surface area contributed by atoms with Gasteiger partial charge < -0.3 is 15.2 Å². The maximum absolute atomic E-state index is 12.2. The molecule has 1 aromatic carbocycles. The molecule has 2 aliphatic rings. The molecule has 2 N–H and O–H groups in total. The van der Waals surface area contributed by atoms with Crippen molar-refractivity contribution in [1.29, 1.82) is 0 Å². The first kappa shape index (κ1) is 21.1. The molecule has 2 fully saturated rings. The number of amides is 1. The second-order valence-corrected chi connectivity index (χ2v) is 8.97. The van der Waals surface area contributed by atoms with Crippen LogP contribution >= 0.6 is 0 Å². The molecule has 0 aliphatic carbocycles. The van der Waals surface area contributed by atoms with Crippen molar-refractivity contribution in [3.05, 3.63) is 54.1 Å². The average Bonchev–Trinajstić information content (AvgIpc) is 3.15.